The fourth-order valence-corrected chi connectivity index (χ4v) is 6.00. The van der Waals surface area contributed by atoms with Crippen LogP contribution in [0.1, 0.15) is 81.4 Å². The van der Waals surface area contributed by atoms with Crippen LogP contribution in [0.25, 0.3) is 6.08 Å². The van der Waals surface area contributed by atoms with Crippen LogP contribution in [0.2, 0.25) is 0 Å². The zero-order valence-electron chi connectivity index (χ0n) is 29.8. The molecule has 0 radical (unpaired) electrons. The largest absolute Gasteiger partial charge is 0.504 e. The summed E-state index contributed by atoms with van der Waals surface area (Å²) in [5.74, 6) is -1.85. The van der Waals surface area contributed by atoms with Gasteiger partial charge in [-0.3, -0.25) is 4.79 Å². The van der Waals surface area contributed by atoms with E-state index in [2.05, 4.69) is 5.32 Å². The van der Waals surface area contributed by atoms with Gasteiger partial charge < -0.3 is 54.9 Å². The lowest BCUT2D eigenvalue weighted by atomic mass is 9.87. The number of rotatable bonds is 21. The van der Waals surface area contributed by atoms with Crippen LogP contribution in [0.15, 0.2) is 48.0 Å². The van der Waals surface area contributed by atoms with Crippen molar-refractivity contribution in [1.29, 1.82) is 0 Å². The number of carbonyl (C=O) groups is 2. The van der Waals surface area contributed by atoms with E-state index in [1.807, 2.05) is 31.2 Å². The molecule has 1 fully saturated rings. The minimum atomic E-state index is -1.79. The van der Waals surface area contributed by atoms with E-state index in [1.54, 1.807) is 13.0 Å². The van der Waals surface area contributed by atoms with Crippen molar-refractivity contribution >= 4 is 18.0 Å². The first-order chi connectivity index (χ1) is 24.5. The minimum absolute atomic E-state index is 0.000364. The lowest BCUT2D eigenvalue weighted by molar-refractivity contribution is -0.287. The summed E-state index contributed by atoms with van der Waals surface area (Å²) >= 11 is 0. The van der Waals surface area contributed by atoms with Crippen LogP contribution in [-0.4, -0.2) is 113 Å². The van der Waals surface area contributed by atoms with Gasteiger partial charge in [0.15, 0.2) is 30.0 Å². The molecular weight excluding hydrogens is 662 g/mol. The molecule has 1 heterocycles. The monoisotopic (exact) mass is 717 g/mol. The molecule has 1 saturated heterocycles. The van der Waals surface area contributed by atoms with Crippen molar-refractivity contribution in [2.75, 3.05) is 33.4 Å². The summed E-state index contributed by atoms with van der Waals surface area (Å²) in [6, 6.07) is 12.0. The van der Waals surface area contributed by atoms with Gasteiger partial charge in [0.25, 0.3) is 0 Å². The molecule has 13 heteroatoms. The normalized spacial score (nSPS) is 21.9. The molecule has 1 aliphatic heterocycles. The summed E-state index contributed by atoms with van der Waals surface area (Å²) in [6.07, 6.45) is -2.48. The van der Waals surface area contributed by atoms with Crippen LogP contribution in [0.5, 0.6) is 11.5 Å². The van der Waals surface area contributed by atoms with Gasteiger partial charge in [-0.2, -0.15) is 0 Å². The Morgan fingerprint density at radius 2 is 1.80 bits per heavy atom. The molecule has 7 atom stereocenters. The molecule has 0 amide bonds. The van der Waals surface area contributed by atoms with E-state index in [4.69, 9.17) is 18.9 Å². The highest BCUT2D eigenvalue weighted by Crippen LogP contribution is 2.33. The summed E-state index contributed by atoms with van der Waals surface area (Å²) in [5.41, 5.74) is 2.28. The van der Waals surface area contributed by atoms with E-state index < -0.39 is 48.7 Å². The van der Waals surface area contributed by atoms with E-state index in [1.165, 1.54) is 25.3 Å². The lowest BCUT2D eigenvalue weighted by Gasteiger charge is -2.42. The molecule has 7 unspecified atom stereocenters. The highest BCUT2D eigenvalue weighted by Gasteiger charge is 2.49. The summed E-state index contributed by atoms with van der Waals surface area (Å²) in [7, 11) is 1.39. The number of aromatic hydroxyl groups is 1. The quantitative estimate of drug-likeness (QED) is 0.0565. The second-order valence-electron chi connectivity index (χ2n) is 12.9. The maximum absolute atomic E-state index is 14.1. The van der Waals surface area contributed by atoms with Crippen molar-refractivity contribution in [3.63, 3.8) is 0 Å². The van der Waals surface area contributed by atoms with Crippen molar-refractivity contribution < 1.29 is 59.2 Å². The Morgan fingerprint density at radius 3 is 2.49 bits per heavy atom. The van der Waals surface area contributed by atoms with E-state index in [0.29, 0.717) is 18.4 Å². The molecule has 2 aromatic rings. The Balaban J connectivity index is 1.98. The second-order valence-corrected chi connectivity index (χ2v) is 12.9. The number of aliphatic hydroxyl groups excluding tert-OH is 5. The molecule has 284 valence electrons. The number of benzene rings is 2. The number of phenols is 1. The molecule has 13 nitrogen and oxygen atoms in total. The number of unbranched alkanes of at least 4 members (excludes halogenated alkanes) is 3. The Morgan fingerprint density at radius 1 is 1.02 bits per heavy atom. The molecule has 0 aliphatic carbocycles. The topological polar surface area (TPSA) is 204 Å². The van der Waals surface area contributed by atoms with Crippen LogP contribution in [0.4, 0.5) is 0 Å². The third-order valence-corrected chi connectivity index (χ3v) is 8.74. The highest BCUT2D eigenvalue weighted by molar-refractivity contribution is 5.94. The molecule has 0 aromatic heterocycles. The van der Waals surface area contributed by atoms with Crippen LogP contribution in [0.3, 0.4) is 0 Å². The number of esters is 2. The molecule has 2 aromatic carbocycles. The van der Waals surface area contributed by atoms with Crippen molar-refractivity contribution in [1.82, 2.24) is 5.32 Å². The number of carbonyl (C=O) groups excluding carboxylic acids is 2. The number of nitrogens with one attached hydrogen (secondary N) is 1. The molecular formula is C38H55NO12. The van der Waals surface area contributed by atoms with E-state index >= 15 is 0 Å². The lowest BCUT2D eigenvalue weighted by Crippen LogP contribution is -2.62. The average Bonchev–Trinajstić information content (AvgIpc) is 3.10. The third kappa shape index (κ3) is 13.2. The summed E-state index contributed by atoms with van der Waals surface area (Å²) in [6.45, 7) is 3.57. The SMILES string of the molecule is CCCCCCC(=O)OC1C(O)C(CNCC(C)O)OC(O)C1OC(=O)C(=Cc1ccc(O)c(OC)c1)CC(CCO)c1cccc(CCO)c1. The van der Waals surface area contributed by atoms with Gasteiger partial charge >= 0.3 is 11.9 Å². The number of phenolic OH excluding ortho intramolecular Hbond substituents is 1. The minimum Gasteiger partial charge on any atom is -0.504 e. The summed E-state index contributed by atoms with van der Waals surface area (Å²) < 4.78 is 22.5. The van der Waals surface area contributed by atoms with Crippen LogP contribution < -0.4 is 10.1 Å². The second kappa shape index (κ2) is 21.7. The Labute approximate surface area is 299 Å². The molecule has 7 N–H and O–H groups in total. The van der Waals surface area contributed by atoms with Gasteiger partial charge in [-0.25, -0.2) is 4.79 Å². The third-order valence-electron chi connectivity index (χ3n) is 8.74. The zero-order chi connectivity index (χ0) is 37.3. The highest BCUT2D eigenvalue weighted by atomic mass is 16.7. The first-order valence-electron chi connectivity index (χ1n) is 17.7. The first-order valence-corrected chi connectivity index (χ1v) is 17.7. The molecule has 0 spiro atoms. The Kier molecular flexibility index (Phi) is 17.8. The van der Waals surface area contributed by atoms with Gasteiger partial charge in [0.2, 0.25) is 0 Å². The maximum atomic E-state index is 14.1. The Hall–Kier alpha value is -3.56. The van der Waals surface area contributed by atoms with Crippen molar-refractivity contribution in [3.8, 4) is 11.5 Å². The van der Waals surface area contributed by atoms with Crippen LogP contribution in [-0.2, 0) is 30.2 Å². The Bertz CT molecular complexity index is 1400. The van der Waals surface area contributed by atoms with Gasteiger partial charge in [0.05, 0.1) is 13.2 Å². The number of hydrogen-bond acceptors (Lipinski definition) is 13. The van der Waals surface area contributed by atoms with E-state index in [-0.39, 0.29) is 68.6 Å². The average molecular weight is 718 g/mol. The van der Waals surface area contributed by atoms with Gasteiger partial charge in [0, 0.05) is 38.3 Å². The van der Waals surface area contributed by atoms with E-state index in [9.17, 15) is 40.2 Å². The summed E-state index contributed by atoms with van der Waals surface area (Å²) in [4.78, 5) is 27.1. The predicted molar refractivity (Wildman–Crippen MR) is 189 cm³/mol. The fraction of sp³-hybridized carbons (Fsp3) is 0.579. The standard InChI is InChI=1S/C38H55NO12/c1-4-5-6-7-11-33(44)50-35-34(45)32(23-39-22-24(2)42)49-38(47)36(35)51-37(46)29(19-26-12-13-30(43)31(20-26)48-3)21-28(15-17-41)27-10-8-9-25(18-27)14-16-40/h8-10,12-13,18-20,24,28,32,34-36,38-43,45,47H,4-7,11,14-17,21-23H2,1-3H3. The molecule has 0 saturated carbocycles. The summed E-state index contributed by atoms with van der Waals surface area (Å²) in [5, 5.41) is 64.7. The smallest absolute Gasteiger partial charge is 0.334 e. The van der Waals surface area contributed by atoms with Gasteiger partial charge in [-0.05, 0) is 73.4 Å². The molecule has 0 bridgehead atoms. The van der Waals surface area contributed by atoms with Gasteiger partial charge in [-0.15, -0.1) is 0 Å². The van der Waals surface area contributed by atoms with E-state index in [0.717, 1.165) is 30.4 Å². The number of aliphatic hydroxyl groups is 5. The van der Waals surface area contributed by atoms with Crippen molar-refractivity contribution in [2.45, 2.75) is 108 Å². The number of ether oxygens (including phenoxy) is 4. The number of hydrogen-bond donors (Lipinski definition) is 7. The van der Waals surface area contributed by atoms with Gasteiger partial charge in [0.1, 0.15) is 12.2 Å². The maximum Gasteiger partial charge on any atom is 0.334 e. The predicted octanol–water partition coefficient (Wildman–Crippen LogP) is 2.72. The first kappa shape index (κ1) is 41.9. The molecule has 3 rings (SSSR count). The molecule has 1 aliphatic rings. The number of methoxy groups -OCH3 is 1. The van der Waals surface area contributed by atoms with Crippen LogP contribution >= 0.6 is 0 Å². The fourth-order valence-electron chi connectivity index (χ4n) is 6.00. The zero-order valence-corrected chi connectivity index (χ0v) is 29.8. The van der Waals surface area contributed by atoms with Crippen molar-refractivity contribution in [3.05, 3.63) is 64.7 Å². The van der Waals surface area contributed by atoms with Crippen molar-refractivity contribution in [2.24, 2.45) is 0 Å². The molecule has 51 heavy (non-hydrogen) atoms. The van der Waals surface area contributed by atoms with Crippen LogP contribution in [0, 0.1) is 0 Å². The van der Waals surface area contributed by atoms with Gasteiger partial charge in [-0.1, -0.05) is 56.5 Å².